The molecule has 3 rings (SSSR count). The van der Waals surface area contributed by atoms with E-state index in [-0.39, 0.29) is 17.9 Å². The van der Waals surface area contributed by atoms with Gasteiger partial charge in [-0.1, -0.05) is 20.8 Å². The molecular weight excluding hydrogens is 306 g/mol. The average molecular weight is 327 g/mol. The molecule has 126 valence electrons. The first-order valence-electron chi connectivity index (χ1n) is 7.71. The van der Waals surface area contributed by atoms with Gasteiger partial charge in [0, 0.05) is 37.1 Å². The van der Waals surface area contributed by atoms with Crippen molar-refractivity contribution in [2.24, 2.45) is 7.05 Å². The van der Waals surface area contributed by atoms with Crippen LogP contribution >= 0.6 is 0 Å². The standard InChI is InChI=1S/C16H21N7O/c1-16(2,3)12-9-11-15(17-6-8-23(11)20-12)18-10-14(24)19-13-5-7-22(4)21-13/h5-9H,10H2,1-4H3,(H,17,18)(H,19,21,24). The molecule has 8 nitrogen and oxygen atoms in total. The van der Waals surface area contributed by atoms with Crippen molar-refractivity contribution in [2.45, 2.75) is 26.2 Å². The van der Waals surface area contributed by atoms with Crippen molar-refractivity contribution in [1.82, 2.24) is 24.4 Å². The number of anilines is 2. The molecule has 0 bridgehead atoms. The first-order valence-corrected chi connectivity index (χ1v) is 7.71. The Labute approximate surface area is 139 Å². The SMILES string of the molecule is Cn1ccc(NC(=O)CNc2nccn3nc(C(C)(C)C)cc23)n1. The topological polar surface area (TPSA) is 89.1 Å². The minimum Gasteiger partial charge on any atom is -0.359 e. The fourth-order valence-corrected chi connectivity index (χ4v) is 2.26. The van der Waals surface area contributed by atoms with Crippen LogP contribution in [0.5, 0.6) is 0 Å². The van der Waals surface area contributed by atoms with E-state index in [2.05, 4.69) is 46.6 Å². The van der Waals surface area contributed by atoms with Crippen LogP contribution in [0.1, 0.15) is 26.5 Å². The lowest BCUT2D eigenvalue weighted by molar-refractivity contribution is -0.114. The normalized spacial score (nSPS) is 11.7. The lowest BCUT2D eigenvalue weighted by Gasteiger charge is -2.13. The number of hydrogen-bond acceptors (Lipinski definition) is 5. The molecule has 0 aliphatic heterocycles. The van der Waals surface area contributed by atoms with Crippen molar-refractivity contribution in [1.29, 1.82) is 0 Å². The van der Waals surface area contributed by atoms with Crippen LogP contribution in [-0.4, -0.2) is 36.8 Å². The van der Waals surface area contributed by atoms with Crippen molar-refractivity contribution in [3.05, 3.63) is 36.4 Å². The highest BCUT2D eigenvalue weighted by molar-refractivity contribution is 5.93. The zero-order chi connectivity index (χ0) is 17.3. The molecule has 0 aliphatic carbocycles. The maximum Gasteiger partial charge on any atom is 0.244 e. The minimum absolute atomic E-state index is 0.0559. The van der Waals surface area contributed by atoms with E-state index in [1.54, 1.807) is 40.9 Å². The Morgan fingerprint density at radius 3 is 2.71 bits per heavy atom. The van der Waals surface area contributed by atoms with Crippen LogP contribution in [-0.2, 0) is 17.3 Å². The largest absolute Gasteiger partial charge is 0.359 e. The molecule has 0 aromatic carbocycles. The van der Waals surface area contributed by atoms with E-state index < -0.39 is 0 Å². The lowest BCUT2D eigenvalue weighted by atomic mass is 9.92. The van der Waals surface area contributed by atoms with Crippen LogP contribution in [0.25, 0.3) is 5.52 Å². The van der Waals surface area contributed by atoms with Crippen molar-refractivity contribution in [3.63, 3.8) is 0 Å². The molecule has 0 spiro atoms. The van der Waals surface area contributed by atoms with E-state index in [1.165, 1.54) is 0 Å². The highest BCUT2D eigenvalue weighted by atomic mass is 16.2. The van der Waals surface area contributed by atoms with Crippen LogP contribution in [0.3, 0.4) is 0 Å². The summed E-state index contributed by atoms with van der Waals surface area (Å²) in [6, 6.07) is 3.73. The Bertz CT molecular complexity index is 872. The maximum atomic E-state index is 12.0. The van der Waals surface area contributed by atoms with Gasteiger partial charge in [0.15, 0.2) is 11.6 Å². The number of carbonyl (C=O) groups excluding carboxylic acids is 1. The number of nitrogens with zero attached hydrogens (tertiary/aromatic N) is 5. The van der Waals surface area contributed by atoms with E-state index in [9.17, 15) is 4.79 Å². The second kappa shape index (κ2) is 5.95. The number of nitrogens with one attached hydrogen (secondary N) is 2. The van der Waals surface area contributed by atoms with Crippen molar-refractivity contribution in [3.8, 4) is 0 Å². The number of fused-ring (bicyclic) bond motifs is 1. The van der Waals surface area contributed by atoms with Gasteiger partial charge in [-0.25, -0.2) is 9.50 Å². The second-order valence-corrected chi connectivity index (χ2v) is 6.66. The molecule has 0 atom stereocenters. The Morgan fingerprint density at radius 2 is 2.04 bits per heavy atom. The molecule has 0 saturated carbocycles. The summed E-state index contributed by atoms with van der Waals surface area (Å²) in [4.78, 5) is 16.3. The number of aromatic nitrogens is 5. The summed E-state index contributed by atoms with van der Waals surface area (Å²) < 4.78 is 3.40. The monoisotopic (exact) mass is 327 g/mol. The molecular formula is C16H21N7O. The van der Waals surface area contributed by atoms with Crippen LogP contribution < -0.4 is 10.6 Å². The van der Waals surface area contributed by atoms with Gasteiger partial charge in [0.1, 0.15) is 5.52 Å². The first kappa shape index (κ1) is 16.0. The van der Waals surface area contributed by atoms with Gasteiger partial charge in [-0.2, -0.15) is 10.2 Å². The molecule has 0 saturated heterocycles. The highest BCUT2D eigenvalue weighted by Gasteiger charge is 2.19. The Hall–Kier alpha value is -2.90. The van der Waals surface area contributed by atoms with Gasteiger partial charge in [0.2, 0.25) is 5.91 Å². The van der Waals surface area contributed by atoms with Gasteiger partial charge in [-0.3, -0.25) is 9.48 Å². The Kier molecular flexibility index (Phi) is 3.96. The van der Waals surface area contributed by atoms with Gasteiger partial charge < -0.3 is 10.6 Å². The molecule has 24 heavy (non-hydrogen) atoms. The zero-order valence-corrected chi connectivity index (χ0v) is 14.2. The number of hydrogen-bond donors (Lipinski definition) is 2. The summed E-state index contributed by atoms with van der Waals surface area (Å²) in [7, 11) is 1.80. The number of rotatable bonds is 4. The first-order chi connectivity index (χ1) is 11.3. The van der Waals surface area contributed by atoms with Crippen molar-refractivity contribution in [2.75, 3.05) is 17.2 Å². The molecule has 3 heterocycles. The van der Waals surface area contributed by atoms with Gasteiger partial charge in [-0.15, -0.1) is 0 Å². The predicted molar refractivity (Wildman–Crippen MR) is 92.0 cm³/mol. The molecule has 0 radical (unpaired) electrons. The van der Waals surface area contributed by atoms with E-state index >= 15 is 0 Å². The van der Waals surface area contributed by atoms with Gasteiger partial charge in [0.25, 0.3) is 0 Å². The maximum absolute atomic E-state index is 12.0. The third-order valence-corrected chi connectivity index (χ3v) is 3.56. The molecule has 0 aliphatic rings. The summed E-state index contributed by atoms with van der Waals surface area (Å²) in [6.45, 7) is 6.42. The van der Waals surface area contributed by atoms with Gasteiger partial charge in [-0.05, 0) is 6.07 Å². The summed E-state index contributed by atoms with van der Waals surface area (Å²) in [5.41, 5.74) is 1.75. The van der Waals surface area contributed by atoms with E-state index in [0.717, 1.165) is 11.2 Å². The molecule has 8 heteroatoms. The van der Waals surface area contributed by atoms with Gasteiger partial charge in [0.05, 0.1) is 12.2 Å². The lowest BCUT2D eigenvalue weighted by Crippen LogP contribution is -2.22. The number of carbonyl (C=O) groups is 1. The Balaban J connectivity index is 1.73. The summed E-state index contributed by atoms with van der Waals surface area (Å²) in [5.74, 6) is 0.958. The van der Waals surface area contributed by atoms with Crippen molar-refractivity contribution >= 4 is 23.1 Å². The third kappa shape index (κ3) is 3.37. The third-order valence-electron chi connectivity index (χ3n) is 3.56. The van der Waals surface area contributed by atoms with Crippen LogP contribution in [0.4, 0.5) is 11.6 Å². The number of aryl methyl sites for hydroxylation is 1. The summed E-state index contributed by atoms with van der Waals surface area (Å²) >= 11 is 0. The highest BCUT2D eigenvalue weighted by Crippen LogP contribution is 2.24. The smallest absolute Gasteiger partial charge is 0.244 e. The fourth-order valence-electron chi connectivity index (χ4n) is 2.26. The Morgan fingerprint density at radius 1 is 1.25 bits per heavy atom. The minimum atomic E-state index is -0.187. The quantitative estimate of drug-likeness (QED) is 0.763. The van der Waals surface area contributed by atoms with Crippen molar-refractivity contribution < 1.29 is 4.79 Å². The van der Waals surface area contributed by atoms with E-state index in [0.29, 0.717) is 11.6 Å². The molecule has 0 fully saturated rings. The van der Waals surface area contributed by atoms with Crippen LogP contribution in [0, 0.1) is 0 Å². The fraction of sp³-hybridized carbons (Fsp3) is 0.375. The molecule has 1 amide bonds. The molecule has 3 aromatic rings. The average Bonchev–Trinajstić information content (AvgIpc) is 3.11. The number of amides is 1. The molecule has 2 N–H and O–H groups in total. The zero-order valence-electron chi connectivity index (χ0n) is 14.2. The van der Waals surface area contributed by atoms with E-state index in [1.807, 2.05) is 6.07 Å². The predicted octanol–water partition coefficient (Wildman–Crippen LogP) is 1.81. The molecule has 3 aromatic heterocycles. The summed E-state index contributed by atoms with van der Waals surface area (Å²) in [6.07, 6.45) is 5.22. The van der Waals surface area contributed by atoms with Gasteiger partial charge >= 0.3 is 0 Å². The molecule has 0 unspecified atom stereocenters. The summed E-state index contributed by atoms with van der Waals surface area (Å²) in [5, 5.41) is 14.5. The second-order valence-electron chi connectivity index (χ2n) is 6.66. The van der Waals surface area contributed by atoms with Crippen LogP contribution in [0.15, 0.2) is 30.7 Å². The van der Waals surface area contributed by atoms with E-state index in [4.69, 9.17) is 0 Å². The van der Waals surface area contributed by atoms with Crippen LogP contribution in [0.2, 0.25) is 0 Å².